The fourth-order valence-electron chi connectivity index (χ4n) is 1.89. The predicted octanol–water partition coefficient (Wildman–Crippen LogP) is 1.76. The van der Waals surface area contributed by atoms with E-state index in [0.29, 0.717) is 17.1 Å². The van der Waals surface area contributed by atoms with Gasteiger partial charge in [0.15, 0.2) is 5.76 Å². The van der Waals surface area contributed by atoms with E-state index >= 15 is 0 Å². The Bertz CT molecular complexity index is 594. The second-order valence-electron chi connectivity index (χ2n) is 4.31. The quantitative estimate of drug-likeness (QED) is 0.847. The zero-order chi connectivity index (χ0) is 15.2. The van der Waals surface area contributed by atoms with Crippen molar-refractivity contribution in [1.29, 1.82) is 0 Å². The van der Waals surface area contributed by atoms with Crippen LogP contribution in [0.1, 0.15) is 22.2 Å². The highest BCUT2D eigenvalue weighted by Crippen LogP contribution is 2.29. The first-order valence-corrected chi connectivity index (χ1v) is 6.37. The topological polar surface area (TPSA) is 80.9 Å². The van der Waals surface area contributed by atoms with Gasteiger partial charge in [-0.25, -0.2) is 0 Å². The van der Waals surface area contributed by atoms with Crippen molar-refractivity contribution in [1.82, 2.24) is 5.32 Å². The van der Waals surface area contributed by atoms with Crippen molar-refractivity contribution in [2.24, 2.45) is 0 Å². The molecule has 1 aromatic heterocycles. The molecule has 1 atom stereocenters. The summed E-state index contributed by atoms with van der Waals surface area (Å²) < 4.78 is 15.3. The third-order valence-corrected chi connectivity index (χ3v) is 3.00. The summed E-state index contributed by atoms with van der Waals surface area (Å²) in [5.74, 6) is 0.929. The minimum absolute atomic E-state index is 0.0308. The molecule has 0 bridgehead atoms. The maximum atomic E-state index is 11.7. The average Bonchev–Trinajstić information content (AvgIpc) is 3.06. The Labute approximate surface area is 122 Å². The van der Waals surface area contributed by atoms with E-state index < -0.39 is 6.10 Å². The van der Waals surface area contributed by atoms with Gasteiger partial charge in [-0.3, -0.25) is 4.79 Å². The van der Waals surface area contributed by atoms with Crippen molar-refractivity contribution in [3.05, 3.63) is 47.9 Å². The van der Waals surface area contributed by atoms with Crippen LogP contribution in [0, 0.1) is 0 Å². The van der Waals surface area contributed by atoms with Crippen LogP contribution in [0.25, 0.3) is 0 Å². The van der Waals surface area contributed by atoms with Gasteiger partial charge in [0, 0.05) is 12.1 Å². The van der Waals surface area contributed by atoms with Crippen LogP contribution in [-0.2, 0) is 0 Å². The third-order valence-electron chi connectivity index (χ3n) is 3.00. The molecule has 0 aliphatic carbocycles. The lowest BCUT2D eigenvalue weighted by Gasteiger charge is -2.16. The van der Waals surface area contributed by atoms with Crippen LogP contribution in [0.4, 0.5) is 0 Å². The molecular weight excluding hydrogens is 274 g/mol. The van der Waals surface area contributed by atoms with Gasteiger partial charge >= 0.3 is 0 Å². The Hall–Kier alpha value is -2.47. The lowest BCUT2D eigenvalue weighted by atomic mass is 10.1. The Morgan fingerprint density at radius 3 is 2.76 bits per heavy atom. The smallest absolute Gasteiger partial charge is 0.287 e. The first kappa shape index (κ1) is 14.9. The van der Waals surface area contributed by atoms with Gasteiger partial charge in [-0.1, -0.05) is 0 Å². The van der Waals surface area contributed by atoms with Gasteiger partial charge in [0.25, 0.3) is 5.91 Å². The molecule has 0 spiro atoms. The van der Waals surface area contributed by atoms with Gasteiger partial charge in [-0.15, -0.1) is 0 Å². The molecule has 2 rings (SSSR count). The van der Waals surface area contributed by atoms with Crippen LogP contribution in [-0.4, -0.2) is 31.8 Å². The lowest BCUT2D eigenvalue weighted by molar-refractivity contribution is 0.0887. The SMILES string of the molecule is COc1ccc(OC)c([C@@H](O)CNC(=O)c2ccco2)c1. The number of nitrogens with one attached hydrogen (secondary N) is 1. The number of furan rings is 1. The number of aliphatic hydroxyl groups is 1. The normalized spacial score (nSPS) is 11.8. The van der Waals surface area contributed by atoms with Gasteiger partial charge in [0.05, 0.1) is 20.5 Å². The fourth-order valence-corrected chi connectivity index (χ4v) is 1.89. The number of amides is 1. The van der Waals surface area contributed by atoms with Crippen LogP contribution >= 0.6 is 0 Å². The van der Waals surface area contributed by atoms with Crippen LogP contribution in [0.15, 0.2) is 41.0 Å². The monoisotopic (exact) mass is 291 g/mol. The molecule has 0 unspecified atom stereocenters. The largest absolute Gasteiger partial charge is 0.497 e. The summed E-state index contributed by atoms with van der Waals surface area (Å²) in [7, 11) is 3.05. The van der Waals surface area contributed by atoms with E-state index in [1.165, 1.54) is 20.5 Å². The van der Waals surface area contributed by atoms with E-state index in [2.05, 4.69) is 5.32 Å². The molecule has 1 amide bonds. The molecule has 6 heteroatoms. The summed E-state index contributed by atoms with van der Waals surface area (Å²) in [6.07, 6.45) is 0.491. The van der Waals surface area contributed by atoms with Gasteiger partial charge in [0.1, 0.15) is 17.6 Å². The van der Waals surface area contributed by atoms with Crippen LogP contribution in [0.2, 0.25) is 0 Å². The Balaban J connectivity index is 2.05. The number of carbonyl (C=O) groups excluding carboxylic acids is 1. The first-order valence-electron chi connectivity index (χ1n) is 6.37. The molecule has 2 N–H and O–H groups in total. The number of hydrogen-bond donors (Lipinski definition) is 2. The number of carbonyl (C=O) groups is 1. The molecule has 6 nitrogen and oxygen atoms in total. The summed E-state index contributed by atoms with van der Waals surface area (Å²) in [4.78, 5) is 11.7. The second-order valence-corrected chi connectivity index (χ2v) is 4.31. The number of hydrogen-bond acceptors (Lipinski definition) is 5. The molecule has 0 radical (unpaired) electrons. The first-order chi connectivity index (χ1) is 10.2. The van der Waals surface area contributed by atoms with E-state index in [4.69, 9.17) is 13.9 Å². The third kappa shape index (κ3) is 3.55. The molecular formula is C15H17NO5. The van der Waals surface area contributed by atoms with Gasteiger partial charge in [0.2, 0.25) is 0 Å². The predicted molar refractivity (Wildman–Crippen MR) is 75.5 cm³/mol. The van der Waals surface area contributed by atoms with Crippen molar-refractivity contribution in [3.8, 4) is 11.5 Å². The highest BCUT2D eigenvalue weighted by Gasteiger charge is 2.17. The van der Waals surface area contributed by atoms with E-state index in [9.17, 15) is 9.90 Å². The highest BCUT2D eigenvalue weighted by atomic mass is 16.5. The van der Waals surface area contributed by atoms with Crippen molar-refractivity contribution in [2.75, 3.05) is 20.8 Å². The number of rotatable bonds is 6. The second kappa shape index (κ2) is 6.81. The Kier molecular flexibility index (Phi) is 4.84. The minimum Gasteiger partial charge on any atom is -0.497 e. The van der Waals surface area contributed by atoms with Crippen LogP contribution < -0.4 is 14.8 Å². The number of methoxy groups -OCH3 is 2. The zero-order valence-corrected chi connectivity index (χ0v) is 11.8. The van der Waals surface area contributed by atoms with Gasteiger partial charge in [-0.05, 0) is 30.3 Å². The average molecular weight is 291 g/mol. The van der Waals surface area contributed by atoms with E-state index in [-0.39, 0.29) is 18.2 Å². The lowest BCUT2D eigenvalue weighted by Crippen LogP contribution is -2.28. The molecule has 1 heterocycles. The summed E-state index contributed by atoms with van der Waals surface area (Å²) in [5, 5.41) is 12.8. The van der Waals surface area contributed by atoms with Crippen molar-refractivity contribution in [2.45, 2.75) is 6.10 Å². The summed E-state index contributed by atoms with van der Waals surface area (Å²) in [6, 6.07) is 8.27. The maximum absolute atomic E-state index is 11.7. The van der Waals surface area contributed by atoms with Gasteiger partial charge < -0.3 is 24.3 Å². The minimum atomic E-state index is -0.922. The highest BCUT2D eigenvalue weighted by molar-refractivity contribution is 5.91. The summed E-state index contributed by atoms with van der Waals surface area (Å²) in [6.45, 7) is 0.0308. The molecule has 21 heavy (non-hydrogen) atoms. The summed E-state index contributed by atoms with van der Waals surface area (Å²) >= 11 is 0. The molecule has 1 aromatic carbocycles. The van der Waals surface area contributed by atoms with E-state index in [0.717, 1.165) is 0 Å². The summed E-state index contributed by atoms with van der Waals surface area (Å²) in [5.41, 5.74) is 0.539. The van der Waals surface area contributed by atoms with Crippen molar-refractivity contribution in [3.63, 3.8) is 0 Å². The van der Waals surface area contributed by atoms with Crippen molar-refractivity contribution >= 4 is 5.91 Å². The molecule has 0 fully saturated rings. The Morgan fingerprint density at radius 2 is 2.14 bits per heavy atom. The van der Waals surface area contributed by atoms with E-state index in [1.807, 2.05) is 0 Å². The number of benzene rings is 1. The molecule has 0 aliphatic rings. The number of ether oxygens (including phenoxy) is 2. The Morgan fingerprint density at radius 1 is 1.33 bits per heavy atom. The molecule has 0 saturated carbocycles. The van der Waals surface area contributed by atoms with Crippen LogP contribution in [0.3, 0.4) is 0 Å². The molecule has 2 aromatic rings. The molecule has 0 saturated heterocycles. The van der Waals surface area contributed by atoms with Crippen molar-refractivity contribution < 1.29 is 23.8 Å². The maximum Gasteiger partial charge on any atom is 0.287 e. The fraction of sp³-hybridized carbons (Fsp3) is 0.267. The van der Waals surface area contributed by atoms with Crippen LogP contribution in [0.5, 0.6) is 11.5 Å². The number of aliphatic hydroxyl groups excluding tert-OH is 1. The molecule has 0 aliphatic heterocycles. The standard InChI is InChI=1S/C15H17NO5/c1-19-10-5-6-13(20-2)11(8-10)12(17)9-16-15(18)14-4-3-7-21-14/h3-8,12,17H,9H2,1-2H3,(H,16,18)/t12-/m0/s1. The molecule has 112 valence electrons. The van der Waals surface area contributed by atoms with Gasteiger partial charge in [-0.2, -0.15) is 0 Å². The zero-order valence-electron chi connectivity index (χ0n) is 11.8. The van der Waals surface area contributed by atoms with E-state index in [1.54, 1.807) is 30.3 Å².